The third kappa shape index (κ3) is 4.68. The molecule has 2 N–H and O–H groups in total. The summed E-state index contributed by atoms with van der Waals surface area (Å²) in [5.74, 6) is 0.313. The van der Waals surface area contributed by atoms with Gasteiger partial charge in [0, 0.05) is 11.4 Å². The molecule has 0 aliphatic carbocycles. The van der Waals surface area contributed by atoms with Crippen LogP contribution in [0.2, 0.25) is 0 Å². The Morgan fingerprint density at radius 1 is 1.44 bits per heavy atom. The molecule has 1 aromatic rings. The highest BCUT2D eigenvalue weighted by atomic mass is 32.2. The van der Waals surface area contributed by atoms with Crippen LogP contribution in [0.25, 0.3) is 0 Å². The lowest BCUT2D eigenvalue weighted by atomic mass is 9.95. The summed E-state index contributed by atoms with van der Waals surface area (Å²) >= 11 is 1.23. The lowest BCUT2D eigenvalue weighted by molar-refractivity contribution is 0.0437. The highest BCUT2D eigenvalue weighted by Gasteiger charge is 2.25. The second-order valence-corrected chi connectivity index (χ2v) is 8.57. The highest BCUT2D eigenvalue weighted by Crippen LogP contribution is 2.21. The van der Waals surface area contributed by atoms with Crippen LogP contribution in [-0.4, -0.2) is 25.7 Å². The predicted octanol–water partition coefficient (Wildman–Crippen LogP) is 2.13. The van der Waals surface area contributed by atoms with Gasteiger partial charge in [-0.3, -0.25) is 0 Å². The van der Waals surface area contributed by atoms with Crippen molar-refractivity contribution in [3.8, 4) is 0 Å². The van der Waals surface area contributed by atoms with Crippen molar-refractivity contribution in [2.24, 2.45) is 5.92 Å². The quantitative estimate of drug-likeness (QED) is 0.844. The van der Waals surface area contributed by atoms with Gasteiger partial charge in [-0.25, -0.2) is 13.1 Å². The van der Waals surface area contributed by atoms with Gasteiger partial charge >= 0.3 is 0 Å². The van der Waals surface area contributed by atoms with Crippen LogP contribution in [-0.2, 0) is 10.0 Å². The average Bonchev–Trinajstić information content (AvgIpc) is 2.61. The van der Waals surface area contributed by atoms with Crippen molar-refractivity contribution in [2.75, 3.05) is 6.54 Å². The molecule has 0 amide bonds. The van der Waals surface area contributed by atoms with Gasteiger partial charge in [0.15, 0.2) is 0 Å². The number of sulfonamides is 1. The number of hydrogen-bond acceptors (Lipinski definition) is 4. The Labute approximate surface area is 113 Å². The van der Waals surface area contributed by atoms with Crippen LogP contribution in [0.5, 0.6) is 0 Å². The van der Waals surface area contributed by atoms with E-state index in [-0.39, 0.29) is 6.54 Å². The fourth-order valence-corrected chi connectivity index (χ4v) is 4.32. The van der Waals surface area contributed by atoms with Gasteiger partial charge in [0.2, 0.25) is 10.0 Å². The van der Waals surface area contributed by atoms with Crippen LogP contribution in [0.3, 0.4) is 0 Å². The van der Waals surface area contributed by atoms with E-state index in [1.54, 1.807) is 19.1 Å². The van der Waals surface area contributed by atoms with Crippen LogP contribution in [0.1, 0.15) is 32.1 Å². The molecule has 0 saturated heterocycles. The number of nitrogens with one attached hydrogen (secondary N) is 1. The summed E-state index contributed by atoms with van der Waals surface area (Å²) in [5.41, 5.74) is -1.02. The fourth-order valence-electron chi connectivity index (χ4n) is 1.83. The zero-order valence-corrected chi connectivity index (χ0v) is 12.9. The van der Waals surface area contributed by atoms with E-state index in [1.807, 2.05) is 20.8 Å². The van der Waals surface area contributed by atoms with Crippen molar-refractivity contribution >= 4 is 21.4 Å². The smallest absolute Gasteiger partial charge is 0.250 e. The Morgan fingerprint density at radius 2 is 2.06 bits per heavy atom. The largest absolute Gasteiger partial charge is 0.389 e. The predicted molar refractivity (Wildman–Crippen MR) is 74.3 cm³/mol. The molecule has 0 spiro atoms. The van der Waals surface area contributed by atoms with Crippen molar-refractivity contribution in [1.82, 2.24) is 4.72 Å². The van der Waals surface area contributed by atoms with Crippen molar-refractivity contribution in [3.05, 3.63) is 17.0 Å². The molecule has 4 nitrogen and oxygen atoms in total. The van der Waals surface area contributed by atoms with Gasteiger partial charge in [0.05, 0.1) is 5.60 Å². The first kappa shape index (κ1) is 15.6. The topological polar surface area (TPSA) is 66.4 Å². The second kappa shape index (κ2) is 5.69. The van der Waals surface area contributed by atoms with Crippen molar-refractivity contribution in [3.63, 3.8) is 0 Å². The molecule has 1 atom stereocenters. The Morgan fingerprint density at radius 3 is 2.50 bits per heavy atom. The molecule has 0 radical (unpaired) electrons. The second-order valence-electron chi connectivity index (χ2n) is 5.28. The molecule has 0 fully saturated rings. The van der Waals surface area contributed by atoms with E-state index in [4.69, 9.17) is 0 Å². The minimum Gasteiger partial charge on any atom is -0.389 e. The van der Waals surface area contributed by atoms with Gasteiger partial charge in [-0.05, 0) is 38.3 Å². The van der Waals surface area contributed by atoms with E-state index in [9.17, 15) is 13.5 Å². The minimum absolute atomic E-state index is 0.0322. The summed E-state index contributed by atoms with van der Waals surface area (Å²) in [5, 5.41) is 10.1. The van der Waals surface area contributed by atoms with E-state index < -0.39 is 15.6 Å². The third-order valence-electron chi connectivity index (χ3n) is 2.47. The molecule has 0 aliphatic heterocycles. The molecule has 0 saturated carbocycles. The summed E-state index contributed by atoms with van der Waals surface area (Å²) in [6.45, 7) is 7.52. The Balaban J connectivity index is 2.68. The third-order valence-corrected chi connectivity index (χ3v) is 5.37. The lowest BCUT2D eigenvalue weighted by Gasteiger charge is -2.25. The van der Waals surface area contributed by atoms with Crippen molar-refractivity contribution in [1.29, 1.82) is 0 Å². The molecule has 6 heteroatoms. The molecule has 1 unspecified atom stereocenters. The summed E-state index contributed by atoms with van der Waals surface area (Å²) in [6.07, 6.45) is 0.555. The number of aliphatic hydroxyl groups is 1. The first-order valence-electron chi connectivity index (χ1n) is 5.91. The summed E-state index contributed by atoms with van der Waals surface area (Å²) in [7, 11) is -3.50. The average molecular weight is 291 g/mol. The van der Waals surface area contributed by atoms with Crippen LogP contribution in [0.15, 0.2) is 16.3 Å². The van der Waals surface area contributed by atoms with E-state index in [1.165, 1.54) is 11.3 Å². The lowest BCUT2D eigenvalue weighted by Crippen LogP contribution is -2.41. The highest BCUT2D eigenvalue weighted by molar-refractivity contribution is 7.91. The van der Waals surface area contributed by atoms with E-state index in [2.05, 4.69) is 4.72 Å². The van der Waals surface area contributed by atoms with E-state index in [0.717, 1.165) is 4.88 Å². The Bertz CT molecular complexity index is 489. The van der Waals surface area contributed by atoms with Gasteiger partial charge in [-0.2, -0.15) is 0 Å². The molecule has 1 rings (SSSR count). The van der Waals surface area contributed by atoms with Crippen molar-refractivity contribution < 1.29 is 13.5 Å². The summed E-state index contributed by atoms with van der Waals surface area (Å²) in [4.78, 5) is 0.948. The van der Waals surface area contributed by atoms with Crippen molar-refractivity contribution in [2.45, 2.75) is 43.9 Å². The van der Waals surface area contributed by atoms with Crippen LogP contribution < -0.4 is 4.72 Å². The Hall–Kier alpha value is -0.430. The van der Waals surface area contributed by atoms with Crippen LogP contribution in [0, 0.1) is 12.8 Å². The number of aryl methyl sites for hydroxylation is 1. The SMILES string of the molecule is Cc1ccc(S(=O)(=O)NCC(C)(O)CC(C)C)s1. The normalized spacial score (nSPS) is 15.9. The summed E-state index contributed by atoms with van der Waals surface area (Å²) < 4.78 is 26.7. The molecule has 1 aromatic heterocycles. The molecule has 0 aliphatic rings. The summed E-state index contributed by atoms with van der Waals surface area (Å²) in [6, 6.07) is 3.35. The fraction of sp³-hybridized carbons (Fsp3) is 0.667. The number of rotatable bonds is 6. The molecule has 0 bridgehead atoms. The van der Waals surface area contributed by atoms with Gasteiger partial charge in [0.1, 0.15) is 4.21 Å². The maximum Gasteiger partial charge on any atom is 0.250 e. The van der Waals surface area contributed by atoms with Crippen LogP contribution in [0.4, 0.5) is 0 Å². The molecule has 18 heavy (non-hydrogen) atoms. The van der Waals surface area contributed by atoms with E-state index >= 15 is 0 Å². The molecule has 0 aromatic carbocycles. The number of thiophene rings is 1. The molecule has 104 valence electrons. The van der Waals surface area contributed by atoms with E-state index in [0.29, 0.717) is 16.5 Å². The monoisotopic (exact) mass is 291 g/mol. The maximum atomic E-state index is 12.0. The number of hydrogen-bond donors (Lipinski definition) is 2. The Kier molecular flexibility index (Phi) is 4.94. The molecular formula is C12H21NO3S2. The first-order chi connectivity index (χ1) is 8.12. The van der Waals surface area contributed by atoms with Gasteiger partial charge in [0.25, 0.3) is 0 Å². The van der Waals surface area contributed by atoms with Gasteiger partial charge < -0.3 is 5.11 Å². The van der Waals surface area contributed by atoms with Gasteiger partial charge in [-0.15, -0.1) is 11.3 Å². The molecular weight excluding hydrogens is 270 g/mol. The maximum absolute atomic E-state index is 12.0. The van der Waals surface area contributed by atoms with Gasteiger partial charge in [-0.1, -0.05) is 13.8 Å². The standard InChI is InChI=1S/C12H21NO3S2/c1-9(2)7-12(4,14)8-13-18(15,16)11-6-5-10(3)17-11/h5-6,9,13-14H,7-8H2,1-4H3. The molecule has 1 heterocycles. The zero-order chi connectivity index (χ0) is 14.0. The first-order valence-corrected chi connectivity index (χ1v) is 8.21. The minimum atomic E-state index is -3.50. The van der Waals surface area contributed by atoms with Crippen LogP contribution >= 0.6 is 11.3 Å². The zero-order valence-electron chi connectivity index (χ0n) is 11.2.